The molecule has 0 heterocycles. The van der Waals surface area contributed by atoms with E-state index in [1.54, 1.807) is 13.0 Å². The first-order valence-corrected chi connectivity index (χ1v) is 13.9. The topological polar surface area (TPSA) is 105 Å². The number of amides is 2. The Morgan fingerprint density at radius 2 is 1.67 bits per heavy atom. The van der Waals surface area contributed by atoms with Crippen LogP contribution in [0.2, 0.25) is 0 Å². The second kappa shape index (κ2) is 12.0. The molecule has 198 valence electrons. The number of benzene rings is 2. The molecule has 2 amide bonds. The quantitative estimate of drug-likeness (QED) is 0.458. The molecular formula is C25H34BrN3O6S. The van der Waals surface area contributed by atoms with Crippen molar-refractivity contribution in [2.45, 2.75) is 45.8 Å². The van der Waals surface area contributed by atoms with E-state index in [2.05, 4.69) is 21.2 Å². The maximum Gasteiger partial charge on any atom is 0.244 e. The summed E-state index contributed by atoms with van der Waals surface area (Å²) in [5, 5.41) is 2.89. The Morgan fingerprint density at radius 3 is 2.17 bits per heavy atom. The lowest BCUT2D eigenvalue weighted by atomic mass is 10.1. The van der Waals surface area contributed by atoms with Crippen LogP contribution in [0.15, 0.2) is 46.9 Å². The van der Waals surface area contributed by atoms with E-state index >= 15 is 0 Å². The number of nitrogens with zero attached hydrogens (tertiary/aromatic N) is 2. The standard InChI is InChI=1S/C25H34BrN3O6S/c1-17(24(31)27-25(2,3)4)28(15-18-8-10-19(26)11-9-18)23(30)16-29(36(7,32)33)21-13-12-20(34-5)14-22(21)35-6/h8-14,17H,15-16H2,1-7H3,(H,27,31)/t17-/m1/s1. The molecule has 0 aliphatic heterocycles. The normalized spacial score (nSPS) is 12.4. The second-order valence-corrected chi connectivity index (χ2v) is 12.2. The predicted molar refractivity (Wildman–Crippen MR) is 144 cm³/mol. The van der Waals surface area contributed by atoms with Crippen LogP contribution < -0.4 is 19.1 Å². The van der Waals surface area contributed by atoms with E-state index in [4.69, 9.17) is 9.47 Å². The highest BCUT2D eigenvalue weighted by molar-refractivity contribution is 9.10. The molecule has 0 radical (unpaired) electrons. The zero-order valence-electron chi connectivity index (χ0n) is 21.7. The molecular weight excluding hydrogens is 550 g/mol. The van der Waals surface area contributed by atoms with Crippen LogP contribution >= 0.6 is 15.9 Å². The van der Waals surface area contributed by atoms with Gasteiger partial charge >= 0.3 is 0 Å². The molecule has 9 nitrogen and oxygen atoms in total. The molecule has 0 saturated heterocycles. The number of hydrogen-bond acceptors (Lipinski definition) is 6. The number of halogens is 1. The Morgan fingerprint density at radius 1 is 1.06 bits per heavy atom. The molecule has 0 aliphatic carbocycles. The highest BCUT2D eigenvalue weighted by Crippen LogP contribution is 2.33. The van der Waals surface area contributed by atoms with Crippen molar-refractivity contribution in [2.24, 2.45) is 0 Å². The largest absolute Gasteiger partial charge is 0.497 e. The Bertz CT molecular complexity index is 1180. The average Bonchev–Trinajstić information content (AvgIpc) is 2.79. The Hall–Kier alpha value is -2.79. The summed E-state index contributed by atoms with van der Waals surface area (Å²) in [6, 6.07) is 11.1. The van der Waals surface area contributed by atoms with Gasteiger partial charge in [0.2, 0.25) is 21.8 Å². The van der Waals surface area contributed by atoms with E-state index in [0.717, 1.165) is 20.6 Å². The predicted octanol–water partition coefficient (Wildman–Crippen LogP) is 3.56. The number of nitrogens with one attached hydrogen (secondary N) is 1. The third-order valence-electron chi connectivity index (χ3n) is 5.27. The molecule has 2 aromatic rings. The number of carbonyl (C=O) groups is 2. The van der Waals surface area contributed by atoms with Gasteiger partial charge in [-0.3, -0.25) is 13.9 Å². The minimum Gasteiger partial charge on any atom is -0.497 e. The number of methoxy groups -OCH3 is 2. The highest BCUT2D eigenvalue weighted by Gasteiger charge is 2.32. The minimum absolute atomic E-state index is 0.113. The van der Waals surface area contributed by atoms with Gasteiger partial charge in [0.15, 0.2) is 0 Å². The summed E-state index contributed by atoms with van der Waals surface area (Å²) in [6.45, 7) is 6.75. The first kappa shape index (κ1) is 29.4. The fourth-order valence-corrected chi connectivity index (χ4v) is 4.55. The van der Waals surface area contributed by atoms with Crippen molar-refractivity contribution in [1.29, 1.82) is 0 Å². The van der Waals surface area contributed by atoms with Gasteiger partial charge < -0.3 is 19.7 Å². The number of rotatable bonds is 10. The molecule has 2 rings (SSSR count). The smallest absolute Gasteiger partial charge is 0.244 e. The van der Waals surface area contributed by atoms with Gasteiger partial charge in [0.25, 0.3) is 0 Å². The fourth-order valence-electron chi connectivity index (χ4n) is 3.43. The first-order valence-electron chi connectivity index (χ1n) is 11.2. The van der Waals surface area contributed by atoms with Gasteiger partial charge in [-0.1, -0.05) is 28.1 Å². The molecule has 11 heteroatoms. The van der Waals surface area contributed by atoms with Crippen LogP contribution in [-0.2, 0) is 26.2 Å². The lowest BCUT2D eigenvalue weighted by molar-refractivity contribution is -0.140. The van der Waals surface area contributed by atoms with Crippen molar-refractivity contribution in [2.75, 3.05) is 31.3 Å². The van der Waals surface area contributed by atoms with Gasteiger partial charge in [0.1, 0.15) is 24.1 Å². The van der Waals surface area contributed by atoms with Gasteiger partial charge in [-0.2, -0.15) is 0 Å². The zero-order chi connectivity index (χ0) is 27.3. The molecule has 0 aromatic heterocycles. The van der Waals surface area contributed by atoms with Crippen molar-refractivity contribution >= 4 is 43.5 Å². The first-order chi connectivity index (χ1) is 16.7. The molecule has 0 unspecified atom stereocenters. The minimum atomic E-state index is -3.89. The third-order valence-corrected chi connectivity index (χ3v) is 6.92. The van der Waals surface area contributed by atoms with Crippen LogP contribution in [0.4, 0.5) is 5.69 Å². The van der Waals surface area contributed by atoms with Crippen molar-refractivity contribution < 1.29 is 27.5 Å². The van der Waals surface area contributed by atoms with Crippen LogP contribution in [0.1, 0.15) is 33.3 Å². The molecule has 2 aromatic carbocycles. The van der Waals surface area contributed by atoms with Gasteiger partial charge in [-0.15, -0.1) is 0 Å². The molecule has 1 N–H and O–H groups in total. The second-order valence-electron chi connectivity index (χ2n) is 9.37. The number of carbonyl (C=O) groups excluding carboxylic acids is 2. The zero-order valence-corrected chi connectivity index (χ0v) is 24.1. The molecule has 0 fully saturated rings. The third kappa shape index (κ3) is 8.12. The van der Waals surface area contributed by atoms with Gasteiger partial charge in [-0.05, 0) is 57.5 Å². The van der Waals surface area contributed by atoms with Crippen LogP contribution in [0.5, 0.6) is 11.5 Å². The maximum absolute atomic E-state index is 13.6. The molecule has 0 spiro atoms. The van der Waals surface area contributed by atoms with E-state index in [0.29, 0.717) is 5.75 Å². The summed E-state index contributed by atoms with van der Waals surface area (Å²) in [5.41, 5.74) is 0.465. The van der Waals surface area contributed by atoms with Crippen molar-refractivity contribution in [1.82, 2.24) is 10.2 Å². The molecule has 0 saturated carbocycles. The van der Waals surface area contributed by atoms with Crippen LogP contribution in [0.25, 0.3) is 0 Å². The summed E-state index contributed by atoms with van der Waals surface area (Å²) in [4.78, 5) is 28.0. The molecule has 1 atom stereocenters. The summed E-state index contributed by atoms with van der Waals surface area (Å²) in [7, 11) is -1.01. The van der Waals surface area contributed by atoms with Crippen molar-refractivity contribution in [3.63, 3.8) is 0 Å². The number of hydrogen-bond donors (Lipinski definition) is 1. The number of sulfonamides is 1. The summed E-state index contributed by atoms with van der Waals surface area (Å²) in [5.74, 6) is -0.191. The maximum atomic E-state index is 13.6. The monoisotopic (exact) mass is 583 g/mol. The number of anilines is 1. The Labute approximate surface area is 221 Å². The molecule has 0 aliphatic rings. The average molecular weight is 585 g/mol. The van der Waals surface area contributed by atoms with Crippen molar-refractivity contribution in [3.05, 3.63) is 52.5 Å². The summed E-state index contributed by atoms with van der Waals surface area (Å²) in [6.07, 6.45) is 1.01. The lowest BCUT2D eigenvalue weighted by Gasteiger charge is -2.33. The van der Waals surface area contributed by atoms with E-state index in [-0.39, 0.29) is 23.9 Å². The van der Waals surface area contributed by atoms with Crippen LogP contribution in [0, 0.1) is 0 Å². The Kier molecular flexibility index (Phi) is 9.78. The molecule has 36 heavy (non-hydrogen) atoms. The van der Waals surface area contributed by atoms with E-state index in [1.165, 1.54) is 31.3 Å². The van der Waals surface area contributed by atoms with Gasteiger partial charge in [-0.25, -0.2) is 8.42 Å². The van der Waals surface area contributed by atoms with Crippen molar-refractivity contribution in [3.8, 4) is 11.5 Å². The lowest BCUT2D eigenvalue weighted by Crippen LogP contribution is -2.54. The summed E-state index contributed by atoms with van der Waals surface area (Å²) < 4.78 is 38.0. The fraction of sp³-hybridized carbons (Fsp3) is 0.440. The van der Waals surface area contributed by atoms with Gasteiger partial charge in [0, 0.05) is 22.6 Å². The van der Waals surface area contributed by atoms with Crippen LogP contribution in [0.3, 0.4) is 0 Å². The Balaban J connectivity index is 2.47. The SMILES string of the molecule is COc1ccc(N(CC(=O)N(Cc2ccc(Br)cc2)[C@H](C)C(=O)NC(C)(C)C)S(C)(=O)=O)c(OC)c1. The van der Waals surface area contributed by atoms with E-state index < -0.39 is 34.1 Å². The van der Waals surface area contributed by atoms with Crippen LogP contribution in [-0.4, -0.2) is 63.7 Å². The molecule has 0 bridgehead atoms. The van der Waals surface area contributed by atoms with E-state index in [9.17, 15) is 18.0 Å². The van der Waals surface area contributed by atoms with Gasteiger partial charge in [0.05, 0.1) is 26.2 Å². The van der Waals surface area contributed by atoms with E-state index in [1.807, 2.05) is 45.0 Å². The summed E-state index contributed by atoms with van der Waals surface area (Å²) >= 11 is 3.39. The number of ether oxygens (including phenoxy) is 2. The highest BCUT2D eigenvalue weighted by atomic mass is 79.9.